The molecule has 0 bridgehead atoms. The molecule has 0 unspecified atom stereocenters. The van der Waals surface area contributed by atoms with Crippen LogP contribution in [0.25, 0.3) is 0 Å². The number of Topliss-reactive ketones (excluding diaryl/α,β-unsaturated/α-hetero) is 1. The van der Waals surface area contributed by atoms with Gasteiger partial charge in [0.1, 0.15) is 5.78 Å². The molecule has 2 heteroatoms. The summed E-state index contributed by atoms with van der Waals surface area (Å²) < 4.78 is 0. The number of terminal acetylenes is 1. The van der Waals surface area contributed by atoms with Gasteiger partial charge in [-0.2, -0.15) is 0 Å². The maximum Gasteiger partial charge on any atom is 0.133 e. The molecule has 0 heterocycles. The van der Waals surface area contributed by atoms with Crippen molar-refractivity contribution in [2.24, 2.45) is 0 Å². The highest BCUT2D eigenvalue weighted by atomic mass is 35.5. The molecule has 0 radical (unpaired) electrons. The van der Waals surface area contributed by atoms with Gasteiger partial charge in [-0.25, -0.2) is 0 Å². The third-order valence-electron chi connectivity index (χ3n) is 1.14. The Morgan fingerprint density at radius 1 is 1.50 bits per heavy atom. The van der Waals surface area contributed by atoms with Crippen LogP contribution < -0.4 is 0 Å². The standard InChI is InChI=1S/C8H11ClO/c1-2-3-5-8(10)6-4-7-9/h1H,3-7H2. The summed E-state index contributed by atoms with van der Waals surface area (Å²) in [5, 5.41) is 0. The average molecular weight is 159 g/mol. The molecule has 0 aromatic carbocycles. The Morgan fingerprint density at radius 3 is 2.70 bits per heavy atom. The van der Waals surface area contributed by atoms with Crippen LogP contribution in [0.4, 0.5) is 0 Å². The van der Waals surface area contributed by atoms with Gasteiger partial charge in [-0.05, 0) is 6.42 Å². The summed E-state index contributed by atoms with van der Waals surface area (Å²) >= 11 is 5.39. The van der Waals surface area contributed by atoms with Crippen molar-refractivity contribution in [3.63, 3.8) is 0 Å². The molecule has 0 aromatic heterocycles. The van der Waals surface area contributed by atoms with Crippen LogP contribution in [0.3, 0.4) is 0 Å². The van der Waals surface area contributed by atoms with E-state index in [1.165, 1.54) is 0 Å². The second-order valence-corrected chi connectivity index (χ2v) is 2.41. The van der Waals surface area contributed by atoms with Gasteiger partial charge in [0.15, 0.2) is 0 Å². The second-order valence-electron chi connectivity index (χ2n) is 2.04. The molecule has 0 saturated carbocycles. The molecule has 0 rings (SSSR count). The van der Waals surface area contributed by atoms with E-state index in [-0.39, 0.29) is 5.78 Å². The Kier molecular flexibility index (Phi) is 6.32. The fourth-order valence-corrected chi connectivity index (χ4v) is 0.734. The second kappa shape index (κ2) is 6.64. The Bertz CT molecular complexity index is 135. The first-order valence-corrected chi connectivity index (χ1v) is 3.86. The number of carbonyl (C=O) groups is 1. The Hall–Kier alpha value is -0.480. The van der Waals surface area contributed by atoms with Crippen LogP contribution >= 0.6 is 11.6 Å². The summed E-state index contributed by atoms with van der Waals surface area (Å²) in [6, 6.07) is 0. The number of alkyl halides is 1. The molecule has 56 valence electrons. The summed E-state index contributed by atoms with van der Waals surface area (Å²) in [5.74, 6) is 3.20. The van der Waals surface area contributed by atoms with E-state index in [9.17, 15) is 4.79 Å². The van der Waals surface area contributed by atoms with E-state index in [0.29, 0.717) is 25.1 Å². The molecule has 10 heavy (non-hydrogen) atoms. The van der Waals surface area contributed by atoms with Crippen LogP contribution in [0, 0.1) is 12.3 Å². The Balaban J connectivity index is 3.19. The van der Waals surface area contributed by atoms with E-state index in [1.54, 1.807) is 0 Å². The van der Waals surface area contributed by atoms with Crippen molar-refractivity contribution < 1.29 is 4.79 Å². The number of carbonyl (C=O) groups excluding carboxylic acids is 1. The molecule has 1 nitrogen and oxygen atoms in total. The third kappa shape index (κ3) is 5.65. The van der Waals surface area contributed by atoms with Gasteiger partial charge in [-0.3, -0.25) is 4.79 Å². The molecule has 0 fully saturated rings. The van der Waals surface area contributed by atoms with E-state index in [0.717, 1.165) is 6.42 Å². The van der Waals surface area contributed by atoms with Crippen LogP contribution in [0.1, 0.15) is 25.7 Å². The first kappa shape index (κ1) is 9.52. The topological polar surface area (TPSA) is 17.1 Å². The first-order chi connectivity index (χ1) is 4.81. The van der Waals surface area contributed by atoms with Crippen molar-refractivity contribution in [3.8, 4) is 12.3 Å². The predicted molar refractivity (Wildman–Crippen MR) is 43.0 cm³/mol. The molecular weight excluding hydrogens is 148 g/mol. The zero-order chi connectivity index (χ0) is 7.82. The molecule has 0 aliphatic carbocycles. The van der Waals surface area contributed by atoms with E-state index in [2.05, 4.69) is 5.92 Å². The lowest BCUT2D eigenvalue weighted by molar-refractivity contribution is -0.118. The summed E-state index contributed by atoms with van der Waals surface area (Å²) in [6.07, 6.45) is 7.38. The van der Waals surface area contributed by atoms with Gasteiger partial charge in [0.25, 0.3) is 0 Å². The van der Waals surface area contributed by atoms with Crippen molar-refractivity contribution in [2.75, 3.05) is 5.88 Å². The number of hydrogen-bond donors (Lipinski definition) is 0. The van der Waals surface area contributed by atoms with Crippen molar-refractivity contribution >= 4 is 17.4 Å². The highest BCUT2D eigenvalue weighted by molar-refractivity contribution is 6.17. The van der Waals surface area contributed by atoms with Crippen LogP contribution in [0.5, 0.6) is 0 Å². The van der Waals surface area contributed by atoms with Crippen molar-refractivity contribution in [2.45, 2.75) is 25.7 Å². The lowest BCUT2D eigenvalue weighted by atomic mass is 10.1. The maximum absolute atomic E-state index is 10.8. The van der Waals surface area contributed by atoms with Crippen LogP contribution in [0.15, 0.2) is 0 Å². The monoisotopic (exact) mass is 158 g/mol. The number of ketones is 1. The third-order valence-corrected chi connectivity index (χ3v) is 1.40. The van der Waals surface area contributed by atoms with Crippen molar-refractivity contribution in [3.05, 3.63) is 0 Å². The summed E-state index contributed by atoms with van der Waals surface area (Å²) in [5.41, 5.74) is 0. The maximum atomic E-state index is 10.8. The van der Waals surface area contributed by atoms with Crippen LogP contribution in [0.2, 0.25) is 0 Å². The number of rotatable bonds is 5. The first-order valence-electron chi connectivity index (χ1n) is 3.32. The molecule has 0 aliphatic rings. The molecule has 0 spiro atoms. The van der Waals surface area contributed by atoms with E-state index < -0.39 is 0 Å². The number of hydrogen-bond acceptors (Lipinski definition) is 1. The fourth-order valence-electron chi connectivity index (χ4n) is 0.601. The average Bonchev–Trinajstić information content (AvgIpc) is 1.97. The fraction of sp³-hybridized carbons (Fsp3) is 0.625. The normalized spacial score (nSPS) is 8.80. The molecule has 0 aliphatic heterocycles. The minimum atomic E-state index is 0.221. The smallest absolute Gasteiger partial charge is 0.133 e. The molecule has 0 saturated heterocycles. The molecule has 0 atom stereocenters. The van der Waals surface area contributed by atoms with Crippen LogP contribution in [-0.4, -0.2) is 11.7 Å². The molecular formula is C8H11ClO. The predicted octanol–water partition coefficient (Wildman–Crippen LogP) is 1.99. The quantitative estimate of drug-likeness (QED) is 0.442. The Labute approximate surface area is 66.8 Å². The van der Waals surface area contributed by atoms with E-state index in [1.807, 2.05) is 0 Å². The largest absolute Gasteiger partial charge is 0.300 e. The van der Waals surface area contributed by atoms with Crippen molar-refractivity contribution in [1.82, 2.24) is 0 Å². The van der Waals surface area contributed by atoms with Crippen molar-refractivity contribution in [1.29, 1.82) is 0 Å². The van der Waals surface area contributed by atoms with Gasteiger partial charge < -0.3 is 0 Å². The van der Waals surface area contributed by atoms with Gasteiger partial charge in [-0.1, -0.05) is 0 Å². The molecule has 0 aromatic rings. The number of halogens is 1. The van der Waals surface area contributed by atoms with Gasteiger partial charge in [0.05, 0.1) is 0 Å². The lowest BCUT2D eigenvalue weighted by Crippen LogP contribution is -1.96. The summed E-state index contributed by atoms with van der Waals surface area (Å²) in [7, 11) is 0. The lowest BCUT2D eigenvalue weighted by Gasteiger charge is -1.93. The van der Waals surface area contributed by atoms with Gasteiger partial charge >= 0.3 is 0 Å². The zero-order valence-electron chi connectivity index (χ0n) is 5.90. The SMILES string of the molecule is C#CCCC(=O)CCCCl. The Morgan fingerprint density at radius 2 is 2.20 bits per heavy atom. The zero-order valence-corrected chi connectivity index (χ0v) is 6.66. The van der Waals surface area contributed by atoms with E-state index >= 15 is 0 Å². The van der Waals surface area contributed by atoms with Gasteiger partial charge in [0, 0.05) is 25.1 Å². The van der Waals surface area contributed by atoms with Gasteiger partial charge in [0.2, 0.25) is 0 Å². The molecule has 0 N–H and O–H groups in total. The highest BCUT2D eigenvalue weighted by Crippen LogP contribution is 1.98. The van der Waals surface area contributed by atoms with Gasteiger partial charge in [-0.15, -0.1) is 23.9 Å². The van der Waals surface area contributed by atoms with E-state index in [4.69, 9.17) is 18.0 Å². The summed E-state index contributed by atoms with van der Waals surface area (Å²) in [4.78, 5) is 10.8. The minimum Gasteiger partial charge on any atom is -0.300 e. The summed E-state index contributed by atoms with van der Waals surface area (Å²) in [6.45, 7) is 0. The highest BCUT2D eigenvalue weighted by Gasteiger charge is 1.98. The minimum absolute atomic E-state index is 0.221. The molecule has 0 amide bonds. The van der Waals surface area contributed by atoms with Crippen LogP contribution in [-0.2, 0) is 4.79 Å².